The molecule has 23 heavy (non-hydrogen) atoms. The van der Waals surface area contributed by atoms with Crippen LogP contribution in [0.25, 0.3) is 6.08 Å². The van der Waals surface area contributed by atoms with Gasteiger partial charge in [0.25, 0.3) is 5.91 Å². The predicted octanol–water partition coefficient (Wildman–Crippen LogP) is 3.75. The van der Waals surface area contributed by atoms with E-state index in [9.17, 15) is 9.59 Å². The fraction of sp³-hybridized carbons (Fsp3) is 0.0588. The number of ketones is 1. The quantitative estimate of drug-likeness (QED) is 0.637. The Labute approximate surface area is 143 Å². The van der Waals surface area contributed by atoms with Gasteiger partial charge >= 0.3 is 0 Å². The summed E-state index contributed by atoms with van der Waals surface area (Å²) in [6, 6.07) is 11.7. The molecule has 2 N–H and O–H groups in total. The van der Waals surface area contributed by atoms with E-state index in [1.807, 2.05) is 0 Å². The van der Waals surface area contributed by atoms with Gasteiger partial charge in [-0.05, 0) is 35.9 Å². The summed E-state index contributed by atoms with van der Waals surface area (Å²) in [7, 11) is 0. The number of hydrogen-bond acceptors (Lipinski definition) is 3. The Hall–Kier alpha value is -2.30. The number of ether oxygens (including phenoxy) is 1. The maximum absolute atomic E-state index is 12.3. The van der Waals surface area contributed by atoms with Crippen LogP contribution in [-0.4, -0.2) is 18.3 Å². The summed E-state index contributed by atoms with van der Waals surface area (Å²) in [6.45, 7) is -0.297. The molecule has 4 nitrogen and oxygen atoms in total. The number of para-hydroxylation sites is 1. The number of rotatable bonds is 6. The maximum atomic E-state index is 12.3. The smallest absolute Gasteiger partial charge is 0.255 e. The number of amides is 1. The molecule has 0 spiro atoms. The third-order valence-electron chi connectivity index (χ3n) is 2.92. The van der Waals surface area contributed by atoms with Gasteiger partial charge in [-0.15, -0.1) is 0 Å². The largest absolute Gasteiger partial charge is 0.483 e. The van der Waals surface area contributed by atoms with Crippen molar-refractivity contribution in [1.82, 2.24) is 0 Å². The van der Waals surface area contributed by atoms with Gasteiger partial charge in [0, 0.05) is 0 Å². The van der Waals surface area contributed by atoms with Crippen molar-refractivity contribution in [2.75, 3.05) is 6.61 Å². The van der Waals surface area contributed by atoms with Crippen LogP contribution in [0.4, 0.5) is 0 Å². The molecule has 0 saturated carbocycles. The molecular weight excluding hydrogens is 337 g/mol. The number of carbonyl (C=O) groups excluding carboxylic acids is 2. The lowest BCUT2D eigenvalue weighted by Crippen LogP contribution is -2.20. The Balaban J connectivity index is 2.22. The first kappa shape index (κ1) is 17.1. The molecule has 0 aromatic heterocycles. The van der Waals surface area contributed by atoms with Crippen LogP contribution in [0.5, 0.6) is 5.75 Å². The van der Waals surface area contributed by atoms with E-state index in [2.05, 4.69) is 0 Å². The highest BCUT2D eigenvalue weighted by molar-refractivity contribution is 6.42. The zero-order valence-corrected chi connectivity index (χ0v) is 13.5. The molecule has 0 unspecified atom stereocenters. The second-order valence-corrected chi connectivity index (χ2v) is 5.38. The highest BCUT2D eigenvalue weighted by Crippen LogP contribution is 2.27. The second-order valence-electron chi connectivity index (χ2n) is 4.59. The number of allylic oxidation sites excluding steroid dienone is 1. The third kappa shape index (κ3) is 4.58. The van der Waals surface area contributed by atoms with Crippen molar-refractivity contribution in [2.24, 2.45) is 5.73 Å². The number of hydrogen-bond donors (Lipinski definition) is 1. The highest BCUT2D eigenvalue weighted by Gasteiger charge is 2.10. The monoisotopic (exact) mass is 349 g/mol. The van der Waals surface area contributed by atoms with Crippen LogP contribution in [-0.2, 0) is 4.79 Å². The Morgan fingerprint density at radius 2 is 1.83 bits per heavy atom. The number of nitrogens with two attached hydrogens (primary N) is 1. The van der Waals surface area contributed by atoms with Crippen LogP contribution in [0.15, 0.2) is 48.5 Å². The van der Waals surface area contributed by atoms with E-state index in [0.717, 1.165) is 0 Å². The standard InChI is InChI=1S/C17H13Cl2NO3/c18-13-6-3-4-11(17(13)19)8-9-14(21)12-5-1-2-7-15(12)23-10-16(20)22/h1-9H,10H2,(H2,20,22)/b9-8+. The predicted molar refractivity (Wildman–Crippen MR) is 91.0 cm³/mol. The lowest BCUT2D eigenvalue weighted by Gasteiger charge is -2.07. The zero-order chi connectivity index (χ0) is 16.8. The Morgan fingerprint density at radius 1 is 1.09 bits per heavy atom. The Bertz CT molecular complexity index is 772. The average Bonchev–Trinajstić information content (AvgIpc) is 2.54. The molecule has 118 valence electrons. The molecule has 0 atom stereocenters. The summed E-state index contributed by atoms with van der Waals surface area (Å²) < 4.78 is 5.24. The topological polar surface area (TPSA) is 69.4 Å². The molecule has 2 rings (SSSR count). The SMILES string of the molecule is NC(=O)COc1ccccc1C(=O)/C=C/c1cccc(Cl)c1Cl. The summed E-state index contributed by atoms with van der Waals surface area (Å²) in [5.74, 6) is -0.618. The van der Waals surface area contributed by atoms with Gasteiger partial charge in [0.2, 0.25) is 0 Å². The van der Waals surface area contributed by atoms with Crippen LogP contribution in [0.3, 0.4) is 0 Å². The van der Waals surface area contributed by atoms with Gasteiger partial charge in [-0.1, -0.05) is 47.5 Å². The van der Waals surface area contributed by atoms with Crippen molar-refractivity contribution in [1.29, 1.82) is 0 Å². The molecule has 2 aromatic rings. The van der Waals surface area contributed by atoms with Crippen molar-refractivity contribution < 1.29 is 14.3 Å². The van der Waals surface area contributed by atoms with E-state index < -0.39 is 5.91 Å². The molecule has 0 bridgehead atoms. The molecule has 0 fully saturated rings. The minimum absolute atomic E-state index is 0.290. The van der Waals surface area contributed by atoms with E-state index in [0.29, 0.717) is 21.2 Å². The summed E-state index contributed by atoms with van der Waals surface area (Å²) in [6.07, 6.45) is 2.94. The summed E-state index contributed by atoms with van der Waals surface area (Å²) in [5, 5.41) is 0.780. The van der Waals surface area contributed by atoms with Crippen LogP contribution in [0.1, 0.15) is 15.9 Å². The van der Waals surface area contributed by atoms with Crippen molar-refractivity contribution >= 4 is 41.0 Å². The number of halogens is 2. The Morgan fingerprint density at radius 3 is 2.57 bits per heavy atom. The van der Waals surface area contributed by atoms with Crippen molar-refractivity contribution in [3.63, 3.8) is 0 Å². The highest BCUT2D eigenvalue weighted by atomic mass is 35.5. The van der Waals surface area contributed by atoms with E-state index in [1.165, 1.54) is 6.08 Å². The molecule has 6 heteroatoms. The van der Waals surface area contributed by atoms with Gasteiger partial charge in [0.1, 0.15) is 5.75 Å². The lowest BCUT2D eigenvalue weighted by atomic mass is 10.1. The first-order chi connectivity index (χ1) is 11.0. The van der Waals surface area contributed by atoms with E-state index in [4.69, 9.17) is 33.7 Å². The molecule has 0 aliphatic rings. The molecule has 2 aromatic carbocycles. The fourth-order valence-corrected chi connectivity index (χ4v) is 2.22. The lowest BCUT2D eigenvalue weighted by molar-refractivity contribution is -0.119. The van der Waals surface area contributed by atoms with Gasteiger partial charge < -0.3 is 10.5 Å². The summed E-state index contributed by atoms with van der Waals surface area (Å²) in [5.41, 5.74) is 5.99. The van der Waals surface area contributed by atoms with Crippen LogP contribution < -0.4 is 10.5 Å². The third-order valence-corrected chi connectivity index (χ3v) is 3.75. The van der Waals surface area contributed by atoms with Gasteiger partial charge in [-0.25, -0.2) is 0 Å². The van der Waals surface area contributed by atoms with Crippen molar-refractivity contribution in [3.8, 4) is 5.75 Å². The molecular formula is C17H13Cl2NO3. The van der Waals surface area contributed by atoms with E-state index in [1.54, 1.807) is 48.5 Å². The maximum Gasteiger partial charge on any atom is 0.255 e. The normalized spacial score (nSPS) is 10.7. The number of primary amides is 1. The van der Waals surface area contributed by atoms with Gasteiger partial charge in [0.05, 0.1) is 15.6 Å². The number of benzene rings is 2. The molecule has 0 radical (unpaired) electrons. The minimum Gasteiger partial charge on any atom is -0.483 e. The molecule has 0 heterocycles. The first-order valence-corrected chi connectivity index (χ1v) is 7.41. The molecule has 1 amide bonds. The van der Waals surface area contributed by atoms with Crippen LogP contribution >= 0.6 is 23.2 Å². The number of carbonyl (C=O) groups is 2. The fourth-order valence-electron chi connectivity index (χ4n) is 1.85. The van der Waals surface area contributed by atoms with Gasteiger partial charge in [-0.3, -0.25) is 9.59 Å². The molecule has 0 saturated heterocycles. The van der Waals surface area contributed by atoms with Crippen molar-refractivity contribution in [3.05, 3.63) is 69.7 Å². The van der Waals surface area contributed by atoms with Crippen molar-refractivity contribution in [2.45, 2.75) is 0 Å². The molecule has 0 aliphatic heterocycles. The van der Waals surface area contributed by atoms with E-state index >= 15 is 0 Å². The summed E-state index contributed by atoms with van der Waals surface area (Å²) in [4.78, 5) is 23.1. The Kier molecular flexibility index (Phi) is 5.79. The van der Waals surface area contributed by atoms with Gasteiger partial charge in [0.15, 0.2) is 12.4 Å². The van der Waals surface area contributed by atoms with Gasteiger partial charge in [-0.2, -0.15) is 0 Å². The zero-order valence-electron chi connectivity index (χ0n) is 12.0. The van der Waals surface area contributed by atoms with E-state index in [-0.39, 0.29) is 18.1 Å². The molecule has 0 aliphatic carbocycles. The van der Waals surface area contributed by atoms with Crippen LogP contribution in [0.2, 0.25) is 10.0 Å². The average molecular weight is 350 g/mol. The van der Waals surface area contributed by atoms with Crippen LogP contribution in [0, 0.1) is 0 Å². The minimum atomic E-state index is -0.617. The summed E-state index contributed by atoms with van der Waals surface area (Å²) >= 11 is 12.0. The first-order valence-electron chi connectivity index (χ1n) is 6.65. The second kappa shape index (κ2) is 7.81.